The van der Waals surface area contributed by atoms with Crippen LogP contribution in [0, 0.1) is 5.41 Å². The molecule has 1 heterocycles. The van der Waals surface area contributed by atoms with Gasteiger partial charge < -0.3 is 9.84 Å². The normalized spacial score (nSPS) is 18.8. The van der Waals surface area contributed by atoms with Crippen molar-refractivity contribution in [3.8, 4) is 5.75 Å². The Labute approximate surface area is 123 Å². The number of aromatic hydroxyl groups is 1. The molecule has 1 unspecified atom stereocenters. The lowest BCUT2D eigenvalue weighted by molar-refractivity contribution is 0.0946. The second kappa shape index (κ2) is 6.19. The van der Waals surface area contributed by atoms with Crippen LogP contribution in [0.5, 0.6) is 5.75 Å². The van der Waals surface area contributed by atoms with Crippen LogP contribution in [0.2, 0.25) is 0 Å². The molecule has 1 aliphatic heterocycles. The first-order chi connectivity index (χ1) is 9.39. The summed E-state index contributed by atoms with van der Waals surface area (Å²) in [5, 5.41) is 9.38. The van der Waals surface area contributed by atoms with Crippen molar-refractivity contribution >= 4 is 16.7 Å². The number of carbonyl (C=O) groups excluding carboxylic acids is 1. The molecule has 3 nitrogen and oxygen atoms in total. The first-order valence-electron chi connectivity index (χ1n) is 6.97. The predicted octanol–water partition coefficient (Wildman–Crippen LogP) is 2.64. The average molecular weight is 295 g/mol. The molecule has 1 N–H and O–H groups in total. The second-order valence-electron chi connectivity index (χ2n) is 6.22. The van der Waals surface area contributed by atoms with Gasteiger partial charge in [-0.05, 0) is 24.3 Å². The molecular weight excluding hydrogens is 272 g/mol. The summed E-state index contributed by atoms with van der Waals surface area (Å²) < 4.78 is 5.43. The van der Waals surface area contributed by atoms with Crippen molar-refractivity contribution in [2.45, 2.75) is 26.0 Å². The third-order valence-corrected chi connectivity index (χ3v) is 6.46. The second-order valence-corrected chi connectivity index (χ2v) is 8.58. The van der Waals surface area contributed by atoms with E-state index in [0.717, 1.165) is 24.7 Å². The van der Waals surface area contributed by atoms with Crippen LogP contribution < -0.4 is 0 Å². The Morgan fingerprint density at radius 1 is 1.20 bits per heavy atom. The molecule has 4 heteroatoms. The molecule has 0 spiro atoms. The van der Waals surface area contributed by atoms with E-state index in [4.69, 9.17) is 4.74 Å². The van der Waals surface area contributed by atoms with Crippen molar-refractivity contribution in [1.29, 1.82) is 0 Å². The maximum absolute atomic E-state index is 12.9. The number of hydrogen-bond acceptors (Lipinski definition) is 3. The zero-order valence-electron chi connectivity index (χ0n) is 12.4. The lowest BCUT2D eigenvalue weighted by Crippen LogP contribution is -2.47. The Kier molecular flexibility index (Phi) is 4.76. The first kappa shape index (κ1) is 15.4. The number of hydrogen-bond donors (Lipinski definition) is 1. The molecule has 1 aliphatic rings. The van der Waals surface area contributed by atoms with E-state index in [2.05, 4.69) is 20.8 Å². The molecule has 0 aromatic heterocycles. The van der Waals surface area contributed by atoms with Gasteiger partial charge in [-0.2, -0.15) is 0 Å². The highest BCUT2D eigenvalue weighted by Gasteiger charge is 2.46. The molecule has 110 valence electrons. The van der Waals surface area contributed by atoms with Crippen molar-refractivity contribution < 1.29 is 14.6 Å². The number of phenolic OH excluding ortho intramolecular Hbond substituents is 1. The number of benzene rings is 1. The minimum Gasteiger partial charge on any atom is -0.508 e. The molecule has 1 atom stereocenters. The lowest BCUT2D eigenvalue weighted by atomic mass is 9.87. The monoisotopic (exact) mass is 295 g/mol. The van der Waals surface area contributed by atoms with Crippen LogP contribution in [0.1, 0.15) is 31.1 Å². The van der Waals surface area contributed by atoms with Gasteiger partial charge in [-0.25, -0.2) is 0 Å². The number of carbonyl (C=O) groups is 1. The maximum atomic E-state index is 12.9. The zero-order chi connectivity index (χ0) is 14.8. The molecule has 1 saturated heterocycles. The van der Waals surface area contributed by atoms with Gasteiger partial charge in [0.25, 0.3) is 0 Å². The number of ether oxygens (including phenoxy) is 1. The fourth-order valence-corrected chi connectivity index (χ4v) is 5.37. The van der Waals surface area contributed by atoms with Crippen molar-refractivity contribution in [1.82, 2.24) is 0 Å². The summed E-state index contributed by atoms with van der Waals surface area (Å²) in [7, 11) is 0.0751. The number of ketones is 1. The molecule has 0 bridgehead atoms. The van der Waals surface area contributed by atoms with Crippen LogP contribution in [0.4, 0.5) is 0 Å². The Morgan fingerprint density at radius 2 is 1.75 bits per heavy atom. The molecule has 20 heavy (non-hydrogen) atoms. The molecular formula is C16H23O3S+. The molecule has 0 amide bonds. The van der Waals surface area contributed by atoms with E-state index in [-0.39, 0.29) is 33.1 Å². The van der Waals surface area contributed by atoms with Gasteiger partial charge in [0.2, 0.25) is 5.78 Å². The largest absolute Gasteiger partial charge is 0.508 e. The summed E-state index contributed by atoms with van der Waals surface area (Å²) in [4.78, 5) is 12.9. The molecule has 1 fully saturated rings. The van der Waals surface area contributed by atoms with E-state index in [1.165, 1.54) is 0 Å². The van der Waals surface area contributed by atoms with Gasteiger partial charge in [0.05, 0.1) is 13.2 Å². The SMILES string of the molecule is CC(C)(C)C(C(=O)c1ccc(O)cc1)[S+]1CCOCC1. The van der Waals surface area contributed by atoms with Crippen LogP contribution in [-0.4, -0.2) is 40.9 Å². The van der Waals surface area contributed by atoms with E-state index in [1.54, 1.807) is 24.3 Å². The Balaban J connectivity index is 2.26. The van der Waals surface area contributed by atoms with E-state index in [0.29, 0.717) is 5.56 Å². The molecule has 0 saturated carbocycles. The third-order valence-electron chi connectivity index (χ3n) is 3.49. The van der Waals surface area contributed by atoms with E-state index < -0.39 is 0 Å². The fraction of sp³-hybridized carbons (Fsp3) is 0.562. The first-order valence-corrected chi connectivity index (χ1v) is 8.59. The van der Waals surface area contributed by atoms with E-state index in [1.807, 2.05) is 0 Å². The average Bonchev–Trinajstić information content (AvgIpc) is 2.39. The number of phenols is 1. The van der Waals surface area contributed by atoms with E-state index in [9.17, 15) is 9.90 Å². The summed E-state index contributed by atoms with van der Waals surface area (Å²) in [6.07, 6.45) is 0. The van der Waals surface area contributed by atoms with Crippen LogP contribution in [0.25, 0.3) is 0 Å². The summed E-state index contributed by atoms with van der Waals surface area (Å²) in [5.41, 5.74) is 0.636. The fourth-order valence-electron chi connectivity index (χ4n) is 2.59. The molecule has 0 radical (unpaired) electrons. The van der Waals surface area contributed by atoms with Crippen molar-refractivity contribution in [2.75, 3.05) is 24.7 Å². The summed E-state index contributed by atoms with van der Waals surface area (Å²) in [6, 6.07) is 6.61. The Bertz CT molecular complexity index is 456. The highest BCUT2D eigenvalue weighted by atomic mass is 32.2. The minimum absolute atomic E-state index is 0.0240. The van der Waals surface area contributed by atoms with Crippen molar-refractivity contribution in [3.05, 3.63) is 29.8 Å². The zero-order valence-corrected chi connectivity index (χ0v) is 13.2. The van der Waals surface area contributed by atoms with Crippen LogP contribution >= 0.6 is 0 Å². The Morgan fingerprint density at radius 3 is 2.25 bits per heavy atom. The topological polar surface area (TPSA) is 46.5 Å². The maximum Gasteiger partial charge on any atom is 0.215 e. The van der Waals surface area contributed by atoms with Gasteiger partial charge in [-0.3, -0.25) is 4.79 Å². The highest BCUT2D eigenvalue weighted by molar-refractivity contribution is 7.98. The van der Waals surface area contributed by atoms with Crippen LogP contribution in [-0.2, 0) is 15.6 Å². The van der Waals surface area contributed by atoms with Gasteiger partial charge in [0.1, 0.15) is 17.3 Å². The quantitative estimate of drug-likeness (QED) is 0.689. The smallest absolute Gasteiger partial charge is 0.215 e. The number of Topliss-reactive ketones (excluding diaryl/α,β-unsaturated/α-hetero) is 1. The standard InChI is InChI=1S/C16H22O3S/c1-16(2,3)15(20-10-8-19-9-11-20)14(18)12-4-6-13(17)7-5-12/h4-7,15H,8-11H2,1-3H3/p+1. The van der Waals surface area contributed by atoms with E-state index >= 15 is 0 Å². The van der Waals surface area contributed by atoms with Crippen molar-refractivity contribution in [2.24, 2.45) is 5.41 Å². The molecule has 1 aromatic rings. The third kappa shape index (κ3) is 3.55. The Hall–Kier alpha value is -1.00. The van der Waals surface area contributed by atoms with Gasteiger partial charge in [0.15, 0.2) is 5.25 Å². The molecule has 0 aliphatic carbocycles. The minimum atomic E-state index is -0.0601. The predicted molar refractivity (Wildman–Crippen MR) is 83.6 cm³/mol. The molecule has 1 aromatic carbocycles. The van der Waals surface area contributed by atoms with Gasteiger partial charge in [0, 0.05) is 21.9 Å². The summed E-state index contributed by atoms with van der Waals surface area (Å²) in [5.74, 6) is 2.35. The summed E-state index contributed by atoms with van der Waals surface area (Å²) >= 11 is 0. The van der Waals surface area contributed by atoms with Crippen molar-refractivity contribution in [3.63, 3.8) is 0 Å². The van der Waals surface area contributed by atoms with Gasteiger partial charge in [-0.15, -0.1) is 0 Å². The van der Waals surface area contributed by atoms with Crippen LogP contribution in [0.15, 0.2) is 24.3 Å². The highest BCUT2D eigenvalue weighted by Crippen LogP contribution is 2.32. The van der Waals surface area contributed by atoms with Crippen LogP contribution in [0.3, 0.4) is 0 Å². The van der Waals surface area contributed by atoms with Gasteiger partial charge in [-0.1, -0.05) is 20.8 Å². The lowest BCUT2D eigenvalue weighted by Gasteiger charge is -2.31. The number of rotatable bonds is 3. The van der Waals surface area contributed by atoms with Gasteiger partial charge >= 0.3 is 0 Å². The molecule has 2 rings (SSSR count). The summed E-state index contributed by atoms with van der Waals surface area (Å²) in [6.45, 7) is 7.94.